The van der Waals surface area contributed by atoms with Crippen molar-refractivity contribution in [2.75, 3.05) is 6.54 Å². The molecule has 0 spiro atoms. The fourth-order valence-electron chi connectivity index (χ4n) is 1.76. The van der Waals surface area contributed by atoms with E-state index in [9.17, 15) is 9.90 Å². The average Bonchev–Trinajstić information content (AvgIpc) is 2.34. The highest BCUT2D eigenvalue weighted by molar-refractivity contribution is 6.39. The molecular formula is C15H21Cl2NO2. The predicted molar refractivity (Wildman–Crippen MR) is 83.5 cm³/mol. The zero-order valence-electron chi connectivity index (χ0n) is 12.0. The van der Waals surface area contributed by atoms with Crippen LogP contribution in [-0.4, -0.2) is 23.2 Å². The maximum atomic E-state index is 12.1. The number of halogens is 2. The first-order valence-electron chi connectivity index (χ1n) is 6.67. The third-order valence-electron chi connectivity index (χ3n) is 3.08. The third-order valence-corrected chi connectivity index (χ3v) is 3.71. The molecule has 0 heterocycles. The minimum Gasteiger partial charge on any atom is -0.388 e. The van der Waals surface area contributed by atoms with Gasteiger partial charge in [-0.2, -0.15) is 0 Å². The molecule has 1 aromatic carbocycles. The molecule has 3 nitrogen and oxygen atoms in total. The Labute approximate surface area is 130 Å². The lowest BCUT2D eigenvalue weighted by atomic mass is 9.95. The van der Waals surface area contributed by atoms with Gasteiger partial charge >= 0.3 is 0 Å². The summed E-state index contributed by atoms with van der Waals surface area (Å²) in [6, 6.07) is 4.90. The average molecular weight is 318 g/mol. The van der Waals surface area contributed by atoms with Gasteiger partial charge in [0, 0.05) is 6.54 Å². The second-order valence-electron chi connectivity index (χ2n) is 5.71. The maximum absolute atomic E-state index is 12.1. The summed E-state index contributed by atoms with van der Waals surface area (Å²) < 4.78 is 0. The molecule has 112 valence electrons. The Balaban J connectivity index is 2.63. The zero-order valence-corrected chi connectivity index (χ0v) is 13.6. The van der Waals surface area contributed by atoms with Crippen LogP contribution in [-0.2, 0) is 0 Å². The number of benzene rings is 1. The number of hydrogen-bond acceptors (Lipinski definition) is 2. The topological polar surface area (TPSA) is 49.3 Å². The highest BCUT2D eigenvalue weighted by Crippen LogP contribution is 2.24. The molecule has 0 aliphatic carbocycles. The fourth-order valence-corrected chi connectivity index (χ4v) is 2.33. The van der Waals surface area contributed by atoms with Gasteiger partial charge < -0.3 is 10.4 Å². The Kier molecular flexibility index (Phi) is 6.31. The minimum absolute atomic E-state index is 0.167. The number of aliphatic hydroxyl groups is 1. The van der Waals surface area contributed by atoms with Crippen LogP contribution >= 0.6 is 23.2 Å². The molecule has 0 saturated carbocycles. The molecule has 0 fully saturated rings. The summed E-state index contributed by atoms with van der Waals surface area (Å²) in [5.41, 5.74) is -0.691. The highest BCUT2D eigenvalue weighted by Gasteiger charge is 2.23. The van der Waals surface area contributed by atoms with E-state index in [1.165, 1.54) is 0 Å². The molecule has 0 radical (unpaired) electrons. The van der Waals surface area contributed by atoms with Gasteiger partial charge in [0.1, 0.15) is 0 Å². The molecule has 5 heteroatoms. The van der Waals surface area contributed by atoms with Gasteiger partial charge in [0.2, 0.25) is 0 Å². The Morgan fingerprint density at radius 2 is 1.90 bits per heavy atom. The van der Waals surface area contributed by atoms with Crippen LogP contribution in [0.15, 0.2) is 18.2 Å². The first kappa shape index (κ1) is 17.3. The van der Waals surface area contributed by atoms with Crippen LogP contribution in [0.1, 0.15) is 44.0 Å². The smallest absolute Gasteiger partial charge is 0.254 e. The van der Waals surface area contributed by atoms with Crippen LogP contribution < -0.4 is 5.32 Å². The number of hydrogen-bond donors (Lipinski definition) is 2. The van der Waals surface area contributed by atoms with E-state index in [0.717, 1.165) is 6.42 Å². The van der Waals surface area contributed by atoms with Crippen LogP contribution in [0.3, 0.4) is 0 Å². The van der Waals surface area contributed by atoms with Crippen molar-refractivity contribution in [2.24, 2.45) is 5.92 Å². The van der Waals surface area contributed by atoms with Crippen molar-refractivity contribution in [3.63, 3.8) is 0 Å². The number of nitrogens with one attached hydrogen (secondary N) is 1. The van der Waals surface area contributed by atoms with Gasteiger partial charge in [-0.3, -0.25) is 4.79 Å². The van der Waals surface area contributed by atoms with Crippen LogP contribution in [0.2, 0.25) is 10.0 Å². The second kappa shape index (κ2) is 7.30. The molecule has 2 N–H and O–H groups in total. The summed E-state index contributed by atoms with van der Waals surface area (Å²) in [5, 5.41) is 13.5. The lowest BCUT2D eigenvalue weighted by molar-refractivity contribution is 0.0429. The summed E-state index contributed by atoms with van der Waals surface area (Å²) >= 11 is 11.9. The SMILES string of the molecule is CC(C)CCC(C)(O)CNC(=O)c1c(Cl)cccc1Cl. The summed E-state index contributed by atoms with van der Waals surface area (Å²) in [7, 11) is 0. The monoisotopic (exact) mass is 317 g/mol. The third kappa shape index (κ3) is 5.31. The number of carbonyl (C=O) groups excluding carboxylic acids is 1. The van der Waals surface area contributed by atoms with Crippen molar-refractivity contribution in [3.05, 3.63) is 33.8 Å². The molecule has 0 aliphatic heterocycles. The van der Waals surface area contributed by atoms with Crippen LogP contribution in [0.25, 0.3) is 0 Å². The molecule has 1 amide bonds. The fraction of sp³-hybridized carbons (Fsp3) is 0.533. The van der Waals surface area contributed by atoms with Crippen molar-refractivity contribution in [2.45, 2.75) is 39.2 Å². The molecule has 1 rings (SSSR count). The Morgan fingerprint density at radius 1 is 1.35 bits per heavy atom. The van der Waals surface area contributed by atoms with Crippen LogP contribution in [0.5, 0.6) is 0 Å². The summed E-state index contributed by atoms with van der Waals surface area (Å²) in [5.74, 6) is 0.139. The molecule has 20 heavy (non-hydrogen) atoms. The predicted octanol–water partition coefficient (Wildman–Crippen LogP) is 3.91. The first-order valence-corrected chi connectivity index (χ1v) is 7.43. The van der Waals surface area contributed by atoms with Crippen molar-refractivity contribution < 1.29 is 9.90 Å². The second-order valence-corrected chi connectivity index (χ2v) is 6.52. The molecule has 0 bridgehead atoms. The van der Waals surface area contributed by atoms with Gasteiger partial charge in [0.05, 0.1) is 21.2 Å². The molecular weight excluding hydrogens is 297 g/mol. The highest BCUT2D eigenvalue weighted by atomic mass is 35.5. The molecule has 1 unspecified atom stereocenters. The minimum atomic E-state index is -0.937. The zero-order chi connectivity index (χ0) is 15.3. The molecule has 1 atom stereocenters. The van der Waals surface area contributed by atoms with Crippen LogP contribution in [0, 0.1) is 5.92 Å². The Morgan fingerprint density at radius 3 is 2.40 bits per heavy atom. The molecule has 0 aromatic heterocycles. The summed E-state index contributed by atoms with van der Waals surface area (Å²) in [6.07, 6.45) is 1.52. The van der Waals surface area contributed by atoms with E-state index in [4.69, 9.17) is 23.2 Å². The van der Waals surface area contributed by atoms with Crippen LogP contribution in [0.4, 0.5) is 0 Å². The van der Waals surface area contributed by atoms with Gasteiger partial charge in [-0.25, -0.2) is 0 Å². The molecule has 0 aliphatic rings. The van der Waals surface area contributed by atoms with E-state index in [0.29, 0.717) is 22.4 Å². The standard InChI is InChI=1S/C15H21Cl2NO2/c1-10(2)7-8-15(3,20)9-18-14(19)13-11(16)5-4-6-12(13)17/h4-6,10,20H,7-9H2,1-3H3,(H,18,19). The number of carbonyl (C=O) groups is 1. The van der Waals surface area contributed by atoms with E-state index < -0.39 is 5.60 Å². The molecule has 1 aromatic rings. The van der Waals surface area contributed by atoms with E-state index in [2.05, 4.69) is 19.2 Å². The van der Waals surface area contributed by atoms with Gasteiger partial charge in [0.25, 0.3) is 5.91 Å². The van der Waals surface area contributed by atoms with E-state index in [1.807, 2.05) is 0 Å². The molecule has 0 saturated heterocycles. The summed E-state index contributed by atoms with van der Waals surface area (Å²) in [4.78, 5) is 12.1. The number of amides is 1. The number of rotatable bonds is 6. The van der Waals surface area contributed by atoms with Gasteiger partial charge in [-0.1, -0.05) is 43.1 Å². The Bertz CT molecular complexity index is 453. The van der Waals surface area contributed by atoms with Gasteiger partial charge in [-0.15, -0.1) is 0 Å². The normalized spacial score (nSPS) is 14.2. The lowest BCUT2D eigenvalue weighted by Gasteiger charge is -2.24. The van der Waals surface area contributed by atoms with E-state index >= 15 is 0 Å². The van der Waals surface area contributed by atoms with Gasteiger partial charge in [-0.05, 0) is 37.8 Å². The lowest BCUT2D eigenvalue weighted by Crippen LogP contribution is -2.41. The Hall–Kier alpha value is -0.770. The maximum Gasteiger partial charge on any atom is 0.254 e. The van der Waals surface area contributed by atoms with Crippen molar-refractivity contribution >= 4 is 29.1 Å². The first-order chi connectivity index (χ1) is 9.23. The van der Waals surface area contributed by atoms with Gasteiger partial charge in [0.15, 0.2) is 0 Å². The largest absolute Gasteiger partial charge is 0.388 e. The van der Waals surface area contributed by atoms with E-state index in [-0.39, 0.29) is 18.0 Å². The summed E-state index contributed by atoms with van der Waals surface area (Å²) in [6.45, 7) is 6.07. The quantitative estimate of drug-likeness (QED) is 0.835. The van der Waals surface area contributed by atoms with Crippen molar-refractivity contribution in [3.8, 4) is 0 Å². The van der Waals surface area contributed by atoms with E-state index in [1.54, 1.807) is 25.1 Å². The van der Waals surface area contributed by atoms with Crippen molar-refractivity contribution in [1.29, 1.82) is 0 Å². The van der Waals surface area contributed by atoms with Crippen molar-refractivity contribution in [1.82, 2.24) is 5.32 Å².